The van der Waals surface area contributed by atoms with Crippen LogP contribution in [-0.4, -0.2) is 23.6 Å². The summed E-state index contributed by atoms with van der Waals surface area (Å²) in [6.45, 7) is 0. The Morgan fingerprint density at radius 1 is 1.33 bits per heavy atom. The van der Waals surface area contributed by atoms with E-state index in [0.29, 0.717) is 4.43 Å². The molecule has 0 saturated heterocycles. The van der Waals surface area contributed by atoms with Crippen LogP contribution in [0.15, 0.2) is 34.1 Å². The third-order valence-electron chi connectivity index (χ3n) is 2.49. The highest BCUT2D eigenvalue weighted by atomic mass is 127. The Morgan fingerprint density at radius 3 is 2.72 bits per heavy atom. The van der Waals surface area contributed by atoms with E-state index >= 15 is 0 Å². The zero-order valence-corrected chi connectivity index (χ0v) is 12.1. The molecule has 0 aliphatic carbocycles. The van der Waals surface area contributed by atoms with E-state index in [1.807, 2.05) is 22.6 Å². The van der Waals surface area contributed by atoms with Crippen molar-refractivity contribution in [3.63, 3.8) is 0 Å². The molecule has 0 aliphatic rings. The number of aromatic amines is 1. The van der Waals surface area contributed by atoms with Crippen molar-refractivity contribution in [2.75, 3.05) is 10.2 Å². The van der Waals surface area contributed by atoms with Gasteiger partial charge >= 0.3 is 0 Å². The fourth-order valence-corrected chi connectivity index (χ4v) is 4.41. The molecule has 1 aromatic carbocycles. The fourth-order valence-electron chi connectivity index (χ4n) is 1.62. The SMILES string of the molecule is O=c1c(S(=O)(=O)CCI)c[nH]c2cc(F)ccc12. The Kier molecular flexibility index (Phi) is 3.71. The molecule has 0 aliphatic heterocycles. The molecule has 18 heavy (non-hydrogen) atoms. The lowest BCUT2D eigenvalue weighted by molar-refractivity contribution is 0.597. The fraction of sp³-hybridized carbons (Fsp3) is 0.182. The Morgan fingerprint density at radius 2 is 2.06 bits per heavy atom. The van der Waals surface area contributed by atoms with Crippen LogP contribution in [0.5, 0.6) is 0 Å². The summed E-state index contributed by atoms with van der Waals surface area (Å²) in [4.78, 5) is 14.4. The lowest BCUT2D eigenvalue weighted by atomic mass is 10.2. The summed E-state index contributed by atoms with van der Waals surface area (Å²) in [6.07, 6.45) is 1.13. The van der Waals surface area contributed by atoms with Crippen molar-refractivity contribution in [2.45, 2.75) is 4.90 Å². The van der Waals surface area contributed by atoms with Crippen LogP contribution >= 0.6 is 22.6 Å². The second-order valence-electron chi connectivity index (χ2n) is 3.68. The molecule has 96 valence electrons. The maximum absolute atomic E-state index is 13.0. The van der Waals surface area contributed by atoms with Gasteiger partial charge in [0.25, 0.3) is 0 Å². The van der Waals surface area contributed by atoms with E-state index in [-0.39, 0.29) is 21.6 Å². The molecule has 7 heteroatoms. The number of hydrogen-bond donors (Lipinski definition) is 1. The van der Waals surface area contributed by atoms with Crippen LogP contribution in [0.25, 0.3) is 10.9 Å². The van der Waals surface area contributed by atoms with Gasteiger partial charge in [0.1, 0.15) is 10.7 Å². The second-order valence-corrected chi connectivity index (χ2v) is 6.84. The van der Waals surface area contributed by atoms with Gasteiger partial charge in [0.15, 0.2) is 9.84 Å². The van der Waals surface area contributed by atoms with Crippen molar-refractivity contribution in [3.05, 3.63) is 40.4 Å². The number of halogens is 2. The summed E-state index contributed by atoms with van der Waals surface area (Å²) in [7, 11) is -3.59. The highest BCUT2D eigenvalue weighted by Gasteiger charge is 2.19. The maximum Gasteiger partial charge on any atom is 0.208 e. The number of benzene rings is 1. The molecule has 0 unspecified atom stereocenters. The average molecular weight is 381 g/mol. The number of fused-ring (bicyclic) bond motifs is 1. The van der Waals surface area contributed by atoms with Gasteiger partial charge < -0.3 is 4.98 Å². The molecule has 0 atom stereocenters. The Hall–Kier alpha value is -0.960. The van der Waals surface area contributed by atoms with Gasteiger partial charge in [0.2, 0.25) is 5.43 Å². The minimum atomic E-state index is -3.59. The largest absolute Gasteiger partial charge is 0.360 e. The van der Waals surface area contributed by atoms with Crippen molar-refractivity contribution in [3.8, 4) is 0 Å². The molecular weight excluding hydrogens is 372 g/mol. The number of H-pyrrole nitrogens is 1. The maximum atomic E-state index is 13.0. The van der Waals surface area contributed by atoms with Gasteiger partial charge in [0, 0.05) is 16.0 Å². The number of rotatable bonds is 3. The summed E-state index contributed by atoms with van der Waals surface area (Å²) in [5, 5.41) is 0.172. The van der Waals surface area contributed by atoms with E-state index in [4.69, 9.17) is 0 Å². The number of hydrogen-bond acceptors (Lipinski definition) is 3. The lowest BCUT2D eigenvalue weighted by Crippen LogP contribution is -2.19. The van der Waals surface area contributed by atoms with Crippen LogP contribution < -0.4 is 5.43 Å². The third kappa shape index (κ3) is 2.41. The number of alkyl halides is 1. The second kappa shape index (κ2) is 4.96. The van der Waals surface area contributed by atoms with E-state index < -0.39 is 21.1 Å². The topological polar surface area (TPSA) is 67.0 Å². The molecule has 2 aromatic rings. The summed E-state index contributed by atoms with van der Waals surface area (Å²) < 4.78 is 37.1. The average Bonchev–Trinajstić information content (AvgIpc) is 2.28. The van der Waals surface area contributed by atoms with Gasteiger partial charge in [-0.3, -0.25) is 4.79 Å². The summed E-state index contributed by atoms with van der Waals surface area (Å²) in [5.41, 5.74) is -0.304. The van der Waals surface area contributed by atoms with Gasteiger partial charge in [-0.15, -0.1) is 0 Å². The molecule has 0 fully saturated rings. The van der Waals surface area contributed by atoms with Crippen LogP contribution in [0, 0.1) is 5.82 Å². The van der Waals surface area contributed by atoms with Crippen LogP contribution in [-0.2, 0) is 9.84 Å². The standard InChI is InChI=1S/C11H9FINO3S/c12-7-1-2-8-9(5-7)14-6-10(11(8)15)18(16,17)4-3-13/h1-2,5-6H,3-4H2,(H,14,15). The third-order valence-corrected chi connectivity index (χ3v) is 5.48. The Labute approximate surface area is 116 Å². The van der Waals surface area contributed by atoms with Crippen LogP contribution in [0.4, 0.5) is 4.39 Å². The molecule has 0 saturated carbocycles. The summed E-state index contributed by atoms with van der Waals surface area (Å²) in [6, 6.07) is 3.57. The molecule has 0 bridgehead atoms. The Bertz CT molecular complexity index is 754. The smallest absolute Gasteiger partial charge is 0.208 e. The van der Waals surface area contributed by atoms with Gasteiger partial charge in [-0.05, 0) is 18.2 Å². The summed E-state index contributed by atoms with van der Waals surface area (Å²) in [5.74, 6) is -0.579. The van der Waals surface area contributed by atoms with Gasteiger partial charge in [-0.25, -0.2) is 12.8 Å². The zero-order chi connectivity index (χ0) is 13.3. The van der Waals surface area contributed by atoms with Crippen LogP contribution in [0.3, 0.4) is 0 Å². The van der Waals surface area contributed by atoms with Crippen molar-refractivity contribution in [1.29, 1.82) is 0 Å². The van der Waals surface area contributed by atoms with Gasteiger partial charge in [-0.2, -0.15) is 0 Å². The first-order valence-electron chi connectivity index (χ1n) is 5.05. The summed E-state index contributed by atoms with van der Waals surface area (Å²) >= 11 is 1.93. The molecule has 1 heterocycles. The highest BCUT2D eigenvalue weighted by molar-refractivity contribution is 14.1. The quantitative estimate of drug-likeness (QED) is 0.652. The number of aromatic nitrogens is 1. The predicted molar refractivity (Wildman–Crippen MR) is 75.5 cm³/mol. The number of nitrogens with one attached hydrogen (secondary N) is 1. The van der Waals surface area contributed by atoms with Crippen LogP contribution in [0.1, 0.15) is 0 Å². The molecule has 0 radical (unpaired) electrons. The molecule has 0 amide bonds. The molecule has 1 aromatic heterocycles. The first kappa shape index (κ1) is 13.5. The van der Waals surface area contributed by atoms with E-state index in [1.54, 1.807) is 0 Å². The van der Waals surface area contributed by atoms with E-state index in [1.165, 1.54) is 6.07 Å². The van der Waals surface area contributed by atoms with Gasteiger partial charge in [-0.1, -0.05) is 22.6 Å². The van der Waals surface area contributed by atoms with Crippen molar-refractivity contribution in [1.82, 2.24) is 4.98 Å². The van der Waals surface area contributed by atoms with Crippen molar-refractivity contribution >= 4 is 43.3 Å². The lowest BCUT2D eigenvalue weighted by Gasteiger charge is -2.04. The first-order valence-corrected chi connectivity index (χ1v) is 8.23. The predicted octanol–water partition coefficient (Wildman–Crippen LogP) is 1.88. The van der Waals surface area contributed by atoms with Crippen molar-refractivity contribution in [2.24, 2.45) is 0 Å². The minimum Gasteiger partial charge on any atom is -0.360 e. The first-order chi connectivity index (χ1) is 8.45. The van der Waals surface area contributed by atoms with E-state index in [2.05, 4.69) is 4.98 Å². The monoisotopic (exact) mass is 381 g/mol. The molecule has 0 spiro atoms. The van der Waals surface area contributed by atoms with Crippen molar-refractivity contribution < 1.29 is 12.8 Å². The minimum absolute atomic E-state index is 0.0939. The van der Waals surface area contributed by atoms with Crippen LogP contribution in [0.2, 0.25) is 0 Å². The Balaban J connectivity index is 2.74. The molecule has 2 rings (SSSR count). The molecule has 4 nitrogen and oxygen atoms in total. The molecular formula is C11H9FINO3S. The zero-order valence-electron chi connectivity index (χ0n) is 9.11. The van der Waals surface area contributed by atoms with E-state index in [9.17, 15) is 17.6 Å². The highest BCUT2D eigenvalue weighted by Crippen LogP contribution is 2.13. The molecule has 1 N–H and O–H groups in total. The number of sulfone groups is 1. The van der Waals surface area contributed by atoms with E-state index in [0.717, 1.165) is 18.3 Å². The number of pyridine rings is 1. The van der Waals surface area contributed by atoms with Gasteiger partial charge in [0.05, 0.1) is 11.3 Å². The normalized spacial score (nSPS) is 11.9.